The molecule has 5 aliphatic heterocycles. The third-order valence-corrected chi connectivity index (χ3v) is 19.9. The first kappa shape index (κ1) is 90.8. The van der Waals surface area contributed by atoms with Gasteiger partial charge in [0.05, 0.1) is 22.1 Å². The smallest absolute Gasteiger partial charge is 0.434 e. The van der Waals surface area contributed by atoms with Gasteiger partial charge in [0.15, 0.2) is 0 Å². The van der Waals surface area contributed by atoms with Gasteiger partial charge in [0.1, 0.15) is 79.4 Å². The van der Waals surface area contributed by atoms with Gasteiger partial charge in [-0.1, -0.05) is 83.3 Å². The van der Waals surface area contributed by atoms with Gasteiger partial charge >= 0.3 is 97.9 Å². The van der Waals surface area contributed by atoms with Crippen LogP contribution in [0.15, 0.2) is 105 Å². The summed E-state index contributed by atoms with van der Waals surface area (Å²) in [4.78, 5) is 20.5. The Morgan fingerprint density at radius 2 is 0.856 bits per heavy atom. The van der Waals surface area contributed by atoms with Gasteiger partial charge in [-0.15, -0.1) is 16.0 Å². The number of hydrogen-bond acceptors (Lipinski definition) is 15. The molecule has 6 aliphatic rings. The van der Waals surface area contributed by atoms with Crippen LogP contribution in [0.5, 0.6) is 23.0 Å². The SMILES string of the molecule is CN1C2=C3C(OC(C(F)(F)F)C(F)(F)F)=c4ccccc4=C(OC(C(F)(F)F)C(F)(F)F)C3C1N=C1c3c(c(OC(C(F)(F)F)C(F)(F)F)c4ccccc4c3OC(C(F)(F)F)C(F)(F)F)C3=[N+]1N[N+]1=C(N=c4c5c(C=C(C#N)C(=O)O)sc(C(F)(F)F)c5c(n4C)=N3)c3c(c(OC(C(F)(F)F)C(F)(F)F)c4ccccc4c3OC(C(F)(F)F)C(F)(F)F)C1N2. The maximum atomic E-state index is 16.3. The molecule has 0 fully saturated rings. The average molecular weight is 1880 g/mol. The topological polar surface area (TPSA) is 192 Å². The Morgan fingerprint density at radius 1 is 0.488 bits per heavy atom. The van der Waals surface area contributed by atoms with Crippen molar-refractivity contribution in [3.63, 3.8) is 0 Å². The molecule has 125 heavy (non-hydrogen) atoms. The molecule has 7 heterocycles. The number of carbonyl (C=O) groups is 1. The van der Waals surface area contributed by atoms with E-state index in [2.05, 4.69) is 33.9 Å². The molecule has 18 nitrogen and oxygen atoms in total. The van der Waals surface area contributed by atoms with Gasteiger partial charge in [-0.3, -0.25) is 4.57 Å². The van der Waals surface area contributed by atoms with Crippen LogP contribution in [0, 0.1) is 17.2 Å². The van der Waals surface area contributed by atoms with E-state index in [-0.39, 0.29) is 66.0 Å². The van der Waals surface area contributed by atoms with Crippen LogP contribution in [0.25, 0.3) is 49.9 Å². The Morgan fingerprint density at radius 3 is 1.27 bits per heavy atom. The fraction of sp³-hybridized carbons (Fsp3) is 0.358. The summed E-state index contributed by atoms with van der Waals surface area (Å²) in [6, 6.07) is 3.69. The van der Waals surface area contributed by atoms with E-state index in [1.165, 1.54) is 0 Å². The van der Waals surface area contributed by atoms with Crippen LogP contribution in [0.2, 0.25) is 0 Å². The predicted molar refractivity (Wildman–Crippen MR) is 336 cm³/mol. The third-order valence-electron chi connectivity index (χ3n) is 18.8. The van der Waals surface area contributed by atoms with Crippen LogP contribution in [-0.2, 0) is 27.5 Å². The molecule has 13 rings (SSSR count). The minimum atomic E-state index is -7.12. The maximum Gasteiger partial charge on any atom is 0.434 e. The van der Waals surface area contributed by atoms with Crippen molar-refractivity contribution in [3.05, 3.63) is 143 Å². The second-order valence-corrected chi connectivity index (χ2v) is 27.9. The monoisotopic (exact) mass is 1880 g/mol. The molecule has 0 amide bonds. The lowest BCUT2D eigenvalue weighted by Gasteiger charge is -2.32. The van der Waals surface area contributed by atoms with E-state index in [4.69, 9.17) is 9.47 Å². The van der Waals surface area contributed by atoms with Crippen LogP contribution < -0.4 is 51.2 Å². The molecule has 674 valence electrons. The molecule has 5 aromatic carbocycles. The van der Waals surface area contributed by atoms with Crippen molar-refractivity contribution in [1.29, 1.82) is 5.26 Å². The predicted octanol–water partition coefficient (Wildman–Crippen LogP) is 16.1. The van der Waals surface area contributed by atoms with Gasteiger partial charge < -0.3 is 43.7 Å². The Kier molecular flexibility index (Phi) is 21.1. The number of hydrazone groups is 2. The molecule has 2 aromatic heterocycles. The van der Waals surface area contributed by atoms with Crippen LogP contribution in [-0.4, -0.2) is 171 Å². The number of rotatable bonds is 14. The largest absolute Gasteiger partial charge is 0.477 e. The summed E-state index contributed by atoms with van der Waals surface area (Å²) in [6.45, 7) is 0. The number of nitriles is 1. The van der Waals surface area contributed by atoms with Crippen molar-refractivity contribution in [2.24, 2.45) is 27.9 Å². The lowest BCUT2D eigenvalue weighted by Crippen LogP contribution is -2.51. The highest BCUT2D eigenvalue weighted by molar-refractivity contribution is 7.14. The average Bonchev–Trinajstić information content (AvgIpc) is 1.52. The fourth-order valence-electron chi connectivity index (χ4n) is 14.1. The Bertz CT molecular complexity index is 6070. The first-order chi connectivity index (χ1) is 56.9. The maximum absolute atomic E-state index is 16.3. The van der Waals surface area contributed by atoms with Crippen molar-refractivity contribution in [1.82, 2.24) is 20.3 Å². The van der Waals surface area contributed by atoms with Crippen LogP contribution in [0.4, 0.5) is 171 Å². The lowest BCUT2D eigenvalue weighted by molar-refractivity contribution is -0.791. The number of halogens is 39. The first-order valence-corrected chi connectivity index (χ1v) is 34.0. The first-order valence-electron chi connectivity index (χ1n) is 33.2. The quantitative estimate of drug-likeness (QED) is 0.0405. The molecule has 0 radical (unpaired) electrons. The number of benzene rings is 5. The van der Waals surface area contributed by atoms with Gasteiger partial charge in [-0.2, -0.15) is 181 Å². The zero-order valence-electron chi connectivity index (χ0n) is 59.2. The summed E-state index contributed by atoms with van der Waals surface area (Å²) in [7, 11) is 0.311. The molecule has 3 N–H and O–H groups in total. The number of aromatic nitrogens is 1. The Labute approximate surface area is 664 Å². The van der Waals surface area contributed by atoms with Crippen molar-refractivity contribution >= 4 is 84.7 Å². The van der Waals surface area contributed by atoms with E-state index < -0.39 is 317 Å². The van der Waals surface area contributed by atoms with Crippen LogP contribution >= 0.6 is 11.3 Å². The third kappa shape index (κ3) is 15.8. The number of aliphatic carboxylic acids is 1. The zero-order valence-corrected chi connectivity index (χ0v) is 60.0. The number of alkyl halides is 39. The van der Waals surface area contributed by atoms with Gasteiger partial charge in [-0.05, 0) is 15.8 Å². The van der Waals surface area contributed by atoms with Gasteiger partial charge in [0, 0.05) is 56.3 Å². The van der Waals surface area contributed by atoms with E-state index in [1.807, 2.05) is 5.32 Å². The van der Waals surface area contributed by atoms with E-state index in [9.17, 15) is 15.2 Å². The van der Waals surface area contributed by atoms with Crippen molar-refractivity contribution in [2.75, 3.05) is 7.05 Å². The van der Waals surface area contributed by atoms with E-state index >= 15 is 171 Å². The summed E-state index contributed by atoms with van der Waals surface area (Å²) in [5.41, 5.74) is -15.6. The molecular weight excluding hydrogens is 1850 g/mol. The van der Waals surface area contributed by atoms with E-state index in [0.29, 0.717) is 36.4 Å². The van der Waals surface area contributed by atoms with Gasteiger partial charge in [-0.25, -0.2) is 4.79 Å². The number of carboxylic acid groups (broad SMARTS) is 1. The molecule has 3 atom stereocenters. The molecule has 0 saturated heterocycles. The summed E-state index contributed by atoms with van der Waals surface area (Å²) in [5, 5.41) is 7.39. The molecule has 7 aromatic rings. The fourth-order valence-corrected chi connectivity index (χ4v) is 15.2. The summed E-state index contributed by atoms with van der Waals surface area (Å²) in [6.07, 6.45) is -133. The molecule has 0 saturated carbocycles. The normalized spacial score (nSPS) is 18.3. The number of hydrazine groups is 2. The number of nitrogens with zero attached hydrogens (tertiary/aromatic N) is 8. The minimum Gasteiger partial charge on any atom is -0.477 e. The standard InChI is InChI=1S/C67H29F39N10O8S/c1-113-40-25-24(15-17(16-107)48(117)118)125-39(55(68,69)70)32(25)43(113)111-47-31-30(37(123-53(64(95,96)97)65(98,99)100)22-13-7-8-14-23(22)38(31)124-54(66(101,102)103)67(104,105)106)46-110-42-27-26(33(119-49(56(71,72)73)57(74,75)76)18-9-3-4-10-19(18)34(27)120-50(58(77,78)79)59(80,81)82)41(114(42)2)109-45-29-28(44(108-40)115(45)112-116(46)47)35(121-51(60(83,84)85)61(86,87)88)20-11-5-6-12-21(20)36(29)122-52(62(89,90)91)63(92,93)94/h3-15,27,42,45,49-54,109H,1-2H3/p+2. The number of fused-ring (bicyclic) bond motifs is 18. The molecule has 1 aliphatic carbocycles. The van der Waals surface area contributed by atoms with E-state index in [1.54, 1.807) is 5.53 Å². The highest BCUT2D eigenvalue weighted by Gasteiger charge is 2.69. The molecule has 3 unspecified atom stereocenters. The van der Waals surface area contributed by atoms with Gasteiger partial charge in [0.25, 0.3) is 47.9 Å². The summed E-state index contributed by atoms with van der Waals surface area (Å²) in [5.74, 6) is -30.4. The van der Waals surface area contributed by atoms with Gasteiger partial charge in [0.2, 0.25) is 12.3 Å². The number of amidine groups is 3. The van der Waals surface area contributed by atoms with Crippen molar-refractivity contribution in [2.45, 2.75) is 129 Å². The summed E-state index contributed by atoms with van der Waals surface area (Å²) >= 11 is -0.882. The van der Waals surface area contributed by atoms with Crippen molar-refractivity contribution in [3.8, 4) is 29.1 Å². The highest BCUT2D eigenvalue weighted by Crippen LogP contribution is 2.58. The number of thiophene rings is 1. The Hall–Kier alpha value is -11.9. The van der Waals surface area contributed by atoms with Crippen molar-refractivity contribution < 1.29 is 219 Å². The molecule has 58 heteroatoms. The number of ether oxygens (including phenoxy) is 6. The molecule has 6 bridgehead atoms. The Balaban J connectivity index is 1.41. The molecular formula is C67H31F39N10O8S+2. The minimum absolute atomic E-state index is 0.0388. The lowest BCUT2D eigenvalue weighted by atomic mass is 9.87. The number of nitrogens with one attached hydrogen (secondary N) is 2. The number of hydrogen-bond donors (Lipinski definition) is 3. The number of carboxylic acids is 1. The highest BCUT2D eigenvalue weighted by atomic mass is 32.1. The second-order valence-electron chi connectivity index (χ2n) is 26.8. The van der Waals surface area contributed by atoms with Crippen LogP contribution in [0.1, 0.15) is 38.2 Å². The second kappa shape index (κ2) is 29.1. The van der Waals surface area contributed by atoms with Crippen LogP contribution in [0.3, 0.4) is 0 Å². The number of aliphatic imine (C=N–C) groups is 1. The zero-order chi connectivity index (χ0) is 93.1. The molecule has 0 spiro atoms. The van der Waals surface area contributed by atoms with E-state index in [0.717, 1.165) is 6.07 Å². The summed E-state index contributed by atoms with van der Waals surface area (Å²) < 4.78 is 632.